The zero-order valence-electron chi connectivity index (χ0n) is 10.3. The Balaban J connectivity index is 2.14. The summed E-state index contributed by atoms with van der Waals surface area (Å²) >= 11 is 0. The smallest absolute Gasteiger partial charge is 0.149 e. The van der Waals surface area contributed by atoms with E-state index in [1.54, 1.807) is 18.6 Å². The van der Waals surface area contributed by atoms with Crippen LogP contribution in [0.25, 0.3) is 0 Å². The molecule has 2 aromatic rings. The fourth-order valence-corrected chi connectivity index (χ4v) is 1.50. The Morgan fingerprint density at radius 1 is 1.41 bits per heavy atom. The van der Waals surface area contributed by atoms with Gasteiger partial charge < -0.3 is 14.8 Å². The van der Waals surface area contributed by atoms with Crippen LogP contribution in [0, 0.1) is 0 Å². The lowest BCUT2D eigenvalue weighted by molar-refractivity contribution is 0.754. The molecule has 0 radical (unpaired) electrons. The van der Waals surface area contributed by atoms with Crippen molar-refractivity contribution in [3.8, 4) is 0 Å². The zero-order valence-corrected chi connectivity index (χ0v) is 10.3. The topological polar surface area (TPSA) is 58.9 Å². The van der Waals surface area contributed by atoms with E-state index in [4.69, 9.17) is 0 Å². The van der Waals surface area contributed by atoms with Crippen molar-refractivity contribution in [2.75, 3.05) is 24.3 Å². The van der Waals surface area contributed by atoms with Crippen molar-refractivity contribution in [3.05, 3.63) is 30.6 Å². The summed E-state index contributed by atoms with van der Waals surface area (Å²) in [6, 6.07) is 0. The summed E-state index contributed by atoms with van der Waals surface area (Å²) in [5.74, 6) is 2.57. The molecule has 90 valence electrons. The van der Waals surface area contributed by atoms with Crippen molar-refractivity contribution in [1.82, 2.24) is 19.5 Å². The third-order valence-corrected chi connectivity index (χ3v) is 2.57. The zero-order chi connectivity index (χ0) is 12.3. The summed E-state index contributed by atoms with van der Waals surface area (Å²) in [4.78, 5) is 14.8. The average Bonchev–Trinajstić information content (AvgIpc) is 2.75. The van der Waals surface area contributed by atoms with E-state index in [0.29, 0.717) is 6.54 Å². The van der Waals surface area contributed by atoms with Gasteiger partial charge in [-0.1, -0.05) is 0 Å². The molecule has 0 bridgehead atoms. The maximum atomic E-state index is 4.42. The molecule has 2 rings (SSSR count). The van der Waals surface area contributed by atoms with Gasteiger partial charge in [0.05, 0.1) is 18.9 Å². The second-order valence-corrected chi connectivity index (χ2v) is 3.82. The Labute approximate surface area is 100 Å². The molecule has 0 amide bonds. The van der Waals surface area contributed by atoms with Crippen LogP contribution in [0.1, 0.15) is 5.82 Å². The first-order valence-corrected chi connectivity index (χ1v) is 5.38. The lowest BCUT2D eigenvalue weighted by Gasteiger charge is -2.17. The van der Waals surface area contributed by atoms with Gasteiger partial charge in [0.2, 0.25) is 0 Å². The van der Waals surface area contributed by atoms with Crippen molar-refractivity contribution in [2.45, 2.75) is 6.54 Å². The van der Waals surface area contributed by atoms with E-state index < -0.39 is 0 Å². The molecule has 0 atom stereocenters. The first kappa shape index (κ1) is 11.4. The van der Waals surface area contributed by atoms with Gasteiger partial charge in [0.1, 0.15) is 17.5 Å². The largest absolute Gasteiger partial charge is 0.372 e. The molecule has 0 saturated heterocycles. The first-order valence-electron chi connectivity index (χ1n) is 5.38. The molecular weight excluding hydrogens is 216 g/mol. The summed E-state index contributed by atoms with van der Waals surface area (Å²) < 4.78 is 1.99. The highest BCUT2D eigenvalue weighted by molar-refractivity contribution is 5.42. The molecule has 2 aromatic heterocycles. The molecule has 0 aliphatic carbocycles. The lowest BCUT2D eigenvalue weighted by Crippen LogP contribution is -2.20. The van der Waals surface area contributed by atoms with Crippen LogP contribution in [0.4, 0.5) is 11.6 Å². The van der Waals surface area contributed by atoms with Gasteiger partial charge in [-0.3, -0.25) is 4.98 Å². The molecule has 17 heavy (non-hydrogen) atoms. The number of hydrogen-bond donors (Lipinski definition) is 1. The van der Waals surface area contributed by atoms with Gasteiger partial charge in [0.15, 0.2) is 0 Å². The number of nitrogens with zero attached hydrogens (tertiary/aromatic N) is 5. The molecule has 6 nitrogen and oxygen atoms in total. The van der Waals surface area contributed by atoms with Gasteiger partial charge in [0.25, 0.3) is 0 Å². The third-order valence-electron chi connectivity index (χ3n) is 2.57. The van der Waals surface area contributed by atoms with E-state index in [0.717, 1.165) is 17.5 Å². The van der Waals surface area contributed by atoms with Crippen LogP contribution in [0.3, 0.4) is 0 Å². The highest BCUT2D eigenvalue weighted by Crippen LogP contribution is 2.12. The van der Waals surface area contributed by atoms with Crippen LogP contribution in [0.15, 0.2) is 24.8 Å². The Morgan fingerprint density at radius 2 is 2.24 bits per heavy atom. The molecule has 0 unspecified atom stereocenters. The molecular formula is C11H16N6. The van der Waals surface area contributed by atoms with Gasteiger partial charge in [-0.05, 0) is 0 Å². The Bertz CT molecular complexity index is 492. The molecule has 1 N–H and O–H groups in total. The average molecular weight is 232 g/mol. The summed E-state index contributed by atoms with van der Waals surface area (Å²) in [6.07, 6.45) is 7.15. The van der Waals surface area contributed by atoms with Crippen LogP contribution >= 0.6 is 0 Å². The van der Waals surface area contributed by atoms with Crippen molar-refractivity contribution in [1.29, 1.82) is 0 Å². The molecule has 0 aliphatic rings. The monoisotopic (exact) mass is 232 g/mol. The maximum absolute atomic E-state index is 4.42. The van der Waals surface area contributed by atoms with Crippen LogP contribution in [-0.4, -0.2) is 33.6 Å². The van der Waals surface area contributed by atoms with E-state index in [2.05, 4.69) is 20.3 Å². The number of aromatic nitrogens is 4. The summed E-state index contributed by atoms with van der Waals surface area (Å²) in [5.41, 5.74) is 0. The van der Waals surface area contributed by atoms with E-state index in [1.165, 1.54) is 0 Å². The fraction of sp³-hybridized carbons (Fsp3) is 0.364. The Morgan fingerprint density at radius 3 is 2.88 bits per heavy atom. The number of imidazole rings is 1. The predicted octanol–water partition coefficient (Wildman–Crippen LogP) is 0.888. The third kappa shape index (κ3) is 2.52. The minimum atomic E-state index is 0.700. The van der Waals surface area contributed by atoms with E-state index in [9.17, 15) is 0 Å². The van der Waals surface area contributed by atoms with E-state index in [-0.39, 0.29) is 0 Å². The summed E-state index contributed by atoms with van der Waals surface area (Å²) in [7, 11) is 5.77. The predicted molar refractivity (Wildman–Crippen MR) is 66.9 cm³/mol. The molecule has 0 saturated carbocycles. The molecule has 2 heterocycles. The molecule has 6 heteroatoms. The number of hydrogen-bond acceptors (Lipinski definition) is 5. The quantitative estimate of drug-likeness (QED) is 0.848. The van der Waals surface area contributed by atoms with Crippen molar-refractivity contribution < 1.29 is 0 Å². The lowest BCUT2D eigenvalue weighted by atomic mass is 10.5. The SMILES string of the molecule is CNc1cncc(N(C)Cc2nccn2C)n1. The number of nitrogens with one attached hydrogen (secondary N) is 1. The molecule has 0 spiro atoms. The first-order chi connectivity index (χ1) is 8.20. The van der Waals surface area contributed by atoms with Crippen molar-refractivity contribution in [3.63, 3.8) is 0 Å². The second-order valence-electron chi connectivity index (χ2n) is 3.82. The summed E-state index contributed by atoms with van der Waals surface area (Å²) in [6.45, 7) is 0.700. The number of aryl methyl sites for hydroxylation is 1. The fourth-order valence-electron chi connectivity index (χ4n) is 1.50. The highest BCUT2D eigenvalue weighted by atomic mass is 15.2. The van der Waals surface area contributed by atoms with Gasteiger partial charge in [-0.2, -0.15) is 0 Å². The molecule has 0 aromatic carbocycles. The van der Waals surface area contributed by atoms with Crippen LogP contribution in [0.2, 0.25) is 0 Å². The van der Waals surface area contributed by atoms with Gasteiger partial charge >= 0.3 is 0 Å². The van der Waals surface area contributed by atoms with Gasteiger partial charge in [-0.25, -0.2) is 9.97 Å². The van der Waals surface area contributed by atoms with Gasteiger partial charge in [-0.15, -0.1) is 0 Å². The second kappa shape index (κ2) is 4.82. The normalized spacial score (nSPS) is 10.3. The van der Waals surface area contributed by atoms with E-state index in [1.807, 2.05) is 36.8 Å². The highest BCUT2D eigenvalue weighted by Gasteiger charge is 2.07. The van der Waals surface area contributed by atoms with Crippen LogP contribution < -0.4 is 10.2 Å². The summed E-state index contributed by atoms with van der Waals surface area (Å²) in [5, 5.41) is 2.97. The Kier molecular flexibility index (Phi) is 3.22. The minimum absolute atomic E-state index is 0.700. The number of anilines is 2. The van der Waals surface area contributed by atoms with E-state index >= 15 is 0 Å². The number of rotatable bonds is 4. The van der Waals surface area contributed by atoms with Crippen LogP contribution in [-0.2, 0) is 13.6 Å². The minimum Gasteiger partial charge on any atom is -0.372 e. The van der Waals surface area contributed by atoms with Gasteiger partial charge in [0, 0.05) is 33.5 Å². The van der Waals surface area contributed by atoms with Crippen molar-refractivity contribution in [2.24, 2.45) is 7.05 Å². The molecule has 0 fully saturated rings. The van der Waals surface area contributed by atoms with Crippen molar-refractivity contribution >= 4 is 11.6 Å². The Hall–Kier alpha value is -2.11. The maximum Gasteiger partial charge on any atom is 0.149 e. The standard InChI is InChI=1S/C11H16N6/c1-12-9-6-13-7-10(15-9)17(3)8-11-14-4-5-16(11)2/h4-7H,8H2,1-3H3,(H,12,15). The molecule has 0 aliphatic heterocycles. The van der Waals surface area contributed by atoms with Crippen LogP contribution in [0.5, 0.6) is 0 Å².